The second-order valence-electron chi connectivity index (χ2n) is 4.67. The van der Waals surface area contributed by atoms with Crippen molar-refractivity contribution in [2.75, 3.05) is 32.4 Å². The van der Waals surface area contributed by atoms with Crippen molar-refractivity contribution in [2.24, 2.45) is 0 Å². The molecule has 1 aliphatic heterocycles. The lowest BCUT2D eigenvalue weighted by atomic mass is 10.1. The van der Waals surface area contributed by atoms with Crippen molar-refractivity contribution in [3.05, 3.63) is 29.8 Å². The minimum absolute atomic E-state index is 0.571. The quantitative estimate of drug-likeness (QED) is 0.839. The molecule has 1 aromatic carbocycles. The van der Waals surface area contributed by atoms with Crippen molar-refractivity contribution in [3.8, 4) is 0 Å². The van der Waals surface area contributed by atoms with Gasteiger partial charge in [0.1, 0.15) is 0 Å². The Morgan fingerprint density at radius 3 is 2.68 bits per heavy atom. The van der Waals surface area contributed by atoms with Gasteiger partial charge in [0.25, 0.3) is 0 Å². The molecule has 2 rings (SSSR count). The van der Waals surface area contributed by atoms with Gasteiger partial charge < -0.3 is 10.2 Å². The fourth-order valence-corrected chi connectivity index (χ4v) is 2.84. The zero-order valence-corrected chi connectivity index (χ0v) is 11.5. The lowest BCUT2D eigenvalue weighted by Crippen LogP contribution is -2.56. The Balaban J connectivity index is 1.82. The molecule has 0 radical (unpaired) electrons. The minimum Gasteiger partial charge on any atom is -0.314 e. The molecule has 2 nitrogen and oxygen atoms in total. The summed E-state index contributed by atoms with van der Waals surface area (Å²) < 4.78 is 37.7. The lowest BCUT2D eigenvalue weighted by molar-refractivity contribution is -0.137. The smallest absolute Gasteiger partial charge is 0.314 e. The molecule has 0 unspecified atom stereocenters. The number of benzene rings is 1. The van der Waals surface area contributed by atoms with Crippen molar-refractivity contribution >= 4 is 11.8 Å². The van der Waals surface area contributed by atoms with Crippen molar-refractivity contribution in [1.82, 2.24) is 10.2 Å². The maximum atomic E-state index is 12.6. The molecular formula is C13H17F3N2S. The first-order valence-electron chi connectivity index (χ1n) is 6.18. The van der Waals surface area contributed by atoms with Gasteiger partial charge in [0.2, 0.25) is 0 Å². The second kappa shape index (κ2) is 6.15. The van der Waals surface area contributed by atoms with E-state index in [1.54, 1.807) is 6.07 Å². The number of hydrogen-bond acceptors (Lipinski definition) is 3. The van der Waals surface area contributed by atoms with Gasteiger partial charge in [-0.15, -0.1) is 11.8 Å². The van der Waals surface area contributed by atoms with E-state index in [2.05, 4.69) is 17.3 Å². The van der Waals surface area contributed by atoms with Crippen LogP contribution in [0, 0.1) is 0 Å². The lowest BCUT2D eigenvalue weighted by Gasteiger charge is -2.35. The SMILES string of the molecule is CN(CCSc1cccc(C(F)(F)F)c1)C1CNC1. The Bertz CT molecular complexity index is 419. The molecule has 106 valence electrons. The fourth-order valence-electron chi connectivity index (χ4n) is 1.84. The van der Waals surface area contributed by atoms with Gasteiger partial charge in [-0.05, 0) is 25.2 Å². The van der Waals surface area contributed by atoms with Crippen LogP contribution in [-0.4, -0.2) is 43.4 Å². The van der Waals surface area contributed by atoms with E-state index < -0.39 is 11.7 Å². The summed E-state index contributed by atoms with van der Waals surface area (Å²) in [5, 5.41) is 3.20. The summed E-state index contributed by atoms with van der Waals surface area (Å²) in [6.45, 7) is 2.89. The first-order chi connectivity index (χ1) is 8.97. The first kappa shape index (κ1) is 14.7. The third kappa shape index (κ3) is 4.12. The van der Waals surface area contributed by atoms with Crippen LogP contribution in [0.5, 0.6) is 0 Å². The molecule has 1 saturated heterocycles. The third-order valence-electron chi connectivity index (χ3n) is 3.26. The van der Waals surface area contributed by atoms with Crippen molar-refractivity contribution in [2.45, 2.75) is 17.1 Å². The zero-order chi connectivity index (χ0) is 13.9. The Labute approximate surface area is 115 Å². The van der Waals surface area contributed by atoms with Crippen LogP contribution in [0.2, 0.25) is 0 Å². The molecule has 1 N–H and O–H groups in total. The van der Waals surface area contributed by atoms with E-state index in [1.165, 1.54) is 23.9 Å². The van der Waals surface area contributed by atoms with E-state index in [9.17, 15) is 13.2 Å². The van der Waals surface area contributed by atoms with Crippen LogP contribution in [0.25, 0.3) is 0 Å². The van der Waals surface area contributed by atoms with Gasteiger partial charge in [-0.2, -0.15) is 13.2 Å². The maximum absolute atomic E-state index is 12.6. The summed E-state index contributed by atoms with van der Waals surface area (Å²) in [5.74, 6) is 0.800. The highest BCUT2D eigenvalue weighted by Crippen LogP contribution is 2.31. The molecule has 1 fully saturated rings. The number of rotatable bonds is 5. The van der Waals surface area contributed by atoms with Crippen molar-refractivity contribution in [1.29, 1.82) is 0 Å². The molecule has 0 amide bonds. The average molecular weight is 290 g/mol. The van der Waals surface area contributed by atoms with Crippen LogP contribution in [-0.2, 0) is 6.18 Å². The van der Waals surface area contributed by atoms with Gasteiger partial charge in [-0.1, -0.05) is 6.07 Å². The van der Waals surface area contributed by atoms with Crippen LogP contribution < -0.4 is 5.32 Å². The zero-order valence-electron chi connectivity index (χ0n) is 10.7. The molecular weight excluding hydrogens is 273 g/mol. The minimum atomic E-state index is -4.26. The fraction of sp³-hybridized carbons (Fsp3) is 0.538. The number of likely N-dealkylation sites (N-methyl/N-ethyl adjacent to an activating group) is 1. The molecule has 0 bridgehead atoms. The van der Waals surface area contributed by atoms with Crippen LogP contribution in [0.15, 0.2) is 29.2 Å². The van der Waals surface area contributed by atoms with E-state index in [1.807, 2.05) is 0 Å². The summed E-state index contributed by atoms with van der Waals surface area (Å²) >= 11 is 1.47. The molecule has 0 aliphatic carbocycles. The van der Waals surface area contributed by atoms with Gasteiger partial charge in [0, 0.05) is 36.3 Å². The number of alkyl halides is 3. The number of nitrogens with one attached hydrogen (secondary N) is 1. The van der Waals surface area contributed by atoms with Gasteiger partial charge in [-0.3, -0.25) is 0 Å². The Morgan fingerprint density at radius 2 is 2.11 bits per heavy atom. The molecule has 1 heterocycles. The largest absolute Gasteiger partial charge is 0.416 e. The monoisotopic (exact) mass is 290 g/mol. The van der Waals surface area contributed by atoms with Crippen LogP contribution >= 0.6 is 11.8 Å². The van der Waals surface area contributed by atoms with E-state index in [0.717, 1.165) is 31.5 Å². The van der Waals surface area contributed by atoms with E-state index in [4.69, 9.17) is 0 Å². The topological polar surface area (TPSA) is 15.3 Å². The van der Waals surface area contributed by atoms with E-state index in [-0.39, 0.29) is 0 Å². The maximum Gasteiger partial charge on any atom is 0.416 e. The Morgan fingerprint density at radius 1 is 1.37 bits per heavy atom. The summed E-state index contributed by atoms with van der Waals surface area (Å²) in [6, 6.07) is 6.09. The number of hydrogen-bond donors (Lipinski definition) is 1. The van der Waals surface area contributed by atoms with Crippen molar-refractivity contribution in [3.63, 3.8) is 0 Å². The van der Waals surface area contributed by atoms with Crippen LogP contribution in [0.4, 0.5) is 13.2 Å². The third-order valence-corrected chi connectivity index (χ3v) is 4.23. The van der Waals surface area contributed by atoms with Gasteiger partial charge in [0.15, 0.2) is 0 Å². The highest BCUT2D eigenvalue weighted by atomic mass is 32.2. The Hall–Kier alpha value is -0.720. The predicted octanol–water partition coefficient (Wildman–Crippen LogP) is 2.70. The highest BCUT2D eigenvalue weighted by Gasteiger charge is 2.30. The second-order valence-corrected chi connectivity index (χ2v) is 5.84. The molecule has 0 spiro atoms. The number of thioether (sulfide) groups is 1. The predicted molar refractivity (Wildman–Crippen MR) is 71.5 cm³/mol. The number of nitrogens with zero attached hydrogens (tertiary/aromatic N) is 1. The first-order valence-corrected chi connectivity index (χ1v) is 7.16. The summed E-state index contributed by atoms with van der Waals surface area (Å²) in [5.41, 5.74) is -0.575. The van der Waals surface area contributed by atoms with Crippen LogP contribution in [0.1, 0.15) is 5.56 Å². The highest BCUT2D eigenvalue weighted by molar-refractivity contribution is 7.99. The molecule has 19 heavy (non-hydrogen) atoms. The standard InChI is InChI=1S/C13H17F3N2S/c1-18(11-8-17-9-11)5-6-19-12-4-2-3-10(7-12)13(14,15)16/h2-4,7,11,17H,5-6,8-9H2,1H3. The summed E-state index contributed by atoms with van der Waals surface area (Å²) in [6.07, 6.45) is -4.26. The van der Waals surface area contributed by atoms with Crippen LogP contribution in [0.3, 0.4) is 0 Å². The Kier molecular flexibility index (Phi) is 4.76. The molecule has 0 saturated carbocycles. The molecule has 1 aromatic rings. The van der Waals surface area contributed by atoms with Gasteiger partial charge in [-0.25, -0.2) is 0 Å². The normalized spacial score (nSPS) is 16.7. The molecule has 0 aromatic heterocycles. The van der Waals surface area contributed by atoms with Crippen molar-refractivity contribution < 1.29 is 13.2 Å². The summed E-state index contributed by atoms with van der Waals surface area (Å²) in [4.78, 5) is 2.92. The van der Waals surface area contributed by atoms with E-state index >= 15 is 0 Å². The van der Waals surface area contributed by atoms with E-state index in [0.29, 0.717) is 10.9 Å². The molecule has 1 aliphatic rings. The molecule has 6 heteroatoms. The average Bonchev–Trinajstić information content (AvgIpc) is 2.26. The summed E-state index contributed by atoms with van der Waals surface area (Å²) in [7, 11) is 2.05. The van der Waals surface area contributed by atoms with Gasteiger partial charge >= 0.3 is 6.18 Å². The number of halogens is 3. The van der Waals surface area contributed by atoms with Gasteiger partial charge in [0.05, 0.1) is 5.56 Å². The molecule has 0 atom stereocenters.